The molecule has 1 saturated heterocycles. The van der Waals surface area contributed by atoms with Gasteiger partial charge in [0.05, 0.1) is 12.0 Å². The van der Waals surface area contributed by atoms with Gasteiger partial charge in [-0.3, -0.25) is 4.90 Å². The fourth-order valence-corrected chi connectivity index (χ4v) is 5.83. The van der Waals surface area contributed by atoms with Crippen molar-refractivity contribution in [3.63, 3.8) is 0 Å². The van der Waals surface area contributed by atoms with Gasteiger partial charge in [-0.2, -0.15) is 4.31 Å². The number of hydrogen-bond acceptors (Lipinski definition) is 4. The predicted molar refractivity (Wildman–Crippen MR) is 106 cm³/mol. The van der Waals surface area contributed by atoms with E-state index in [1.165, 1.54) is 11.1 Å². The van der Waals surface area contributed by atoms with Crippen LogP contribution in [0.4, 0.5) is 0 Å². The van der Waals surface area contributed by atoms with Crippen LogP contribution in [0, 0.1) is 0 Å². The number of piperazine rings is 1. The number of sulfonamides is 1. The zero-order valence-corrected chi connectivity index (χ0v) is 16.9. The summed E-state index contributed by atoms with van der Waals surface area (Å²) in [6, 6.07) is 15.2. The van der Waals surface area contributed by atoms with Crippen molar-refractivity contribution < 1.29 is 13.2 Å². The Morgan fingerprint density at radius 3 is 2.44 bits per heavy atom. The van der Waals surface area contributed by atoms with Crippen LogP contribution >= 0.6 is 0 Å². The molecule has 0 bridgehead atoms. The van der Waals surface area contributed by atoms with Gasteiger partial charge in [-0.15, -0.1) is 0 Å². The van der Waals surface area contributed by atoms with Crippen LogP contribution in [0.1, 0.15) is 31.0 Å². The Bertz CT molecular complexity index is 938. The molecule has 0 saturated carbocycles. The molecule has 0 amide bonds. The van der Waals surface area contributed by atoms with Gasteiger partial charge in [0.2, 0.25) is 10.0 Å². The molecule has 1 unspecified atom stereocenters. The second kappa shape index (κ2) is 6.62. The van der Waals surface area contributed by atoms with Crippen molar-refractivity contribution in [3.8, 4) is 5.75 Å². The van der Waals surface area contributed by atoms with E-state index in [1.807, 2.05) is 0 Å². The van der Waals surface area contributed by atoms with Crippen LogP contribution in [0.3, 0.4) is 0 Å². The predicted octanol–water partition coefficient (Wildman–Crippen LogP) is 3.03. The highest BCUT2D eigenvalue weighted by Crippen LogP contribution is 2.41. The van der Waals surface area contributed by atoms with Crippen molar-refractivity contribution in [2.75, 3.05) is 33.3 Å². The maximum atomic E-state index is 13.2. The Kier molecular flexibility index (Phi) is 4.53. The first-order valence-electron chi connectivity index (χ1n) is 9.30. The summed E-state index contributed by atoms with van der Waals surface area (Å²) in [5.74, 6) is 0.655. The highest BCUT2D eigenvalue weighted by Gasteiger charge is 2.42. The fraction of sp³-hybridized carbons (Fsp3) is 0.429. The van der Waals surface area contributed by atoms with Gasteiger partial charge in [-0.05, 0) is 35.4 Å². The minimum Gasteiger partial charge on any atom is -0.497 e. The second-order valence-electron chi connectivity index (χ2n) is 8.00. The molecule has 4 rings (SSSR count). The molecule has 6 heteroatoms. The molecule has 2 aliphatic rings. The Labute approximate surface area is 161 Å². The third kappa shape index (κ3) is 3.16. The molecule has 2 heterocycles. The van der Waals surface area contributed by atoms with E-state index in [1.54, 1.807) is 35.7 Å². The van der Waals surface area contributed by atoms with Crippen LogP contribution in [-0.4, -0.2) is 50.9 Å². The lowest BCUT2D eigenvalue weighted by atomic mass is 9.75. The molecular weight excluding hydrogens is 360 g/mol. The van der Waals surface area contributed by atoms with Gasteiger partial charge < -0.3 is 4.74 Å². The summed E-state index contributed by atoms with van der Waals surface area (Å²) in [6.07, 6.45) is 0. The zero-order chi connectivity index (χ0) is 19.2. The summed E-state index contributed by atoms with van der Waals surface area (Å²) < 4.78 is 33.1. The van der Waals surface area contributed by atoms with Gasteiger partial charge in [-0.1, -0.05) is 38.1 Å². The maximum Gasteiger partial charge on any atom is 0.243 e. The van der Waals surface area contributed by atoms with Crippen LogP contribution in [-0.2, 0) is 15.4 Å². The van der Waals surface area contributed by atoms with Gasteiger partial charge in [0.15, 0.2) is 0 Å². The highest BCUT2D eigenvalue weighted by molar-refractivity contribution is 7.89. The molecule has 27 heavy (non-hydrogen) atoms. The number of benzene rings is 2. The molecular formula is C21H26N2O3S. The summed E-state index contributed by atoms with van der Waals surface area (Å²) in [5, 5.41) is 0. The number of fused-ring (bicyclic) bond motifs is 3. The smallest absolute Gasteiger partial charge is 0.243 e. The Balaban J connectivity index is 1.65. The minimum absolute atomic E-state index is 0.0735. The van der Waals surface area contributed by atoms with Gasteiger partial charge in [0, 0.05) is 37.6 Å². The molecule has 1 atom stereocenters. The number of hydrogen-bond donors (Lipinski definition) is 0. The number of ether oxygens (including phenoxy) is 1. The number of rotatable bonds is 3. The van der Waals surface area contributed by atoms with Gasteiger partial charge in [0.1, 0.15) is 5.75 Å². The zero-order valence-electron chi connectivity index (χ0n) is 16.1. The summed E-state index contributed by atoms with van der Waals surface area (Å²) in [4.78, 5) is 2.75. The third-order valence-corrected chi connectivity index (χ3v) is 7.68. The first-order valence-corrected chi connectivity index (χ1v) is 10.7. The second-order valence-corrected chi connectivity index (χ2v) is 9.93. The van der Waals surface area contributed by atoms with Crippen LogP contribution in [0.2, 0.25) is 0 Å². The van der Waals surface area contributed by atoms with Crippen LogP contribution in [0.5, 0.6) is 5.75 Å². The van der Waals surface area contributed by atoms with E-state index in [9.17, 15) is 8.42 Å². The Hall–Kier alpha value is -1.89. The topological polar surface area (TPSA) is 49.9 Å². The molecule has 2 aromatic rings. The normalized spacial score (nSPS) is 22.7. The molecule has 0 N–H and O–H groups in total. The standard InChI is InChI=1S/C21H26N2O3S/c1-21(2)15-22-12-13-23(14-20(22)18-6-4-5-7-19(18)21)27(24,25)17-10-8-16(26-3)9-11-17/h4-11,20H,12-15H2,1-3H3. The summed E-state index contributed by atoms with van der Waals surface area (Å²) in [5.41, 5.74) is 2.66. The lowest BCUT2D eigenvalue weighted by Gasteiger charge is -2.49. The van der Waals surface area contributed by atoms with E-state index >= 15 is 0 Å². The maximum absolute atomic E-state index is 13.2. The average Bonchev–Trinajstić information content (AvgIpc) is 2.67. The largest absolute Gasteiger partial charge is 0.497 e. The molecule has 5 nitrogen and oxygen atoms in total. The number of methoxy groups -OCH3 is 1. The quantitative estimate of drug-likeness (QED) is 0.814. The molecule has 2 aromatic carbocycles. The van der Waals surface area contributed by atoms with Gasteiger partial charge in [-0.25, -0.2) is 8.42 Å². The summed E-state index contributed by atoms with van der Waals surface area (Å²) in [7, 11) is -1.94. The molecule has 0 aromatic heterocycles. The van der Waals surface area contributed by atoms with Gasteiger partial charge in [0.25, 0.3) is 0 Å². The average molecular weight is 387 g/mol. The summed E-state index contributed by atoms with van der Waals surface area (Å²) in [6.45, 7) is 7.23. The van der Waals surface area contributed by atoms with Crippen molar-refractivity contribution >= 4 is 10.0 Å². The lowest BCUT2D eigenvalue weighted by molar-refractivity contribution is 0.0807. The van der Waals surface area contributed by atoms with Crippen LogP contribution < -0.4 is 4.74 Å². The van der Waals surface area contributed by atoms with E-state index in [0.717, 1.165) is 13.1 Å². The van der Waals surface area contributed by atoms with Crippen molar-refractivity contribution in [1.82, 2.24) is 9.21 Å². The first-order chi connectivity index (χ1) is 12.8. The van der Waals surface area contributed by atoms with E-state index < -0.39 is 10.0 Å². The van der Waals surface area contributed by atoms with Crippen molar-refractivity contribution in [3.05, 3.63) is 59.7 Å². The summed E-state index contributed by atoms with van der Waals surface area (Å²) >= 11 is 0. The van der Waals surface area contributed by atoms with Crippen molar-refractivity contribution in [2.24, 2.45) is 0 Å². The van der Waals surface area contributed by atoms with E-state index in [-0.39, 0.29) is 11.5 Å². The highest BCUT2D eigenvalue weighted by atomic mass is 32.2. The molecule has 1 fully saturated rings. The van der Waals surface area contributed by atoms with E-state index in [0.29, 0.717) is 23.7 Å². The molecule has 0 radical (unpaired) electrons. The van der Waals surface area contributed by atoms with Crippen LogP contribution in [0.25, 0.3) is 0 Å². The van der Waals surface area contributed by atoms with E-state index in [4.69, 9.17) is 4.74 Å². The van der Waals surface area contributed by atoms with Crippen molar-refractivity contribution in [1.29, 1.82) is 0 Å². The Morgan fingerprint density at radius 2 is 1.74 bits per heavy atom. The van der Waals surface area contributed by atoms with Crippen LogP contribution in [0.15, 0.2) is 53.4 Å². The number of nitrogens with zero attached hydrogens (tertiary/aromatic N) is 2. The molecule has 0 spiro atoms. The molecule has 144 valence electrons. The lowest BCUT2D eigenvalue weighted by Crippen LogP contribution is -2.55. The molecule has 0 aliphatic carbocycles. The molecule has 2 aliphatic heterocycles. The van der Waals surface area contributed by atoms with Gasteiger partial charge >= 0.3 is 0 Å². The van der Waals surface area contributed by atoms with Crippen molar-refractivity contribution in [2.45, 2.75) is 30.2 Å². The Morgan fingerprint density at radius 1 is 1.04 bits per heavy atom. The minimum atomic E-state index is -3.52. The third-order valence-electron chi connectivity index (χ3n) is 5.80. The first kappa shape index (κ1) is 18.5. The monoisotopic (exact) mass is 386 g/mol. The van der Waals surface area contributed by atoms with E-state index in [2.05, 4.69) is 43.0 Å². The SMILES string of the molecule is COc1ccc(S(=O)(=O)N2CCN3CC(C)(C)c4ccccc4C3C2)cc1. The fourth-order valence-electron chi connectivity index (χ4n) is 4.39.